The number of hydrogen-bond acceptors (Lipinski definition) is 4. The van der Waals surface area contributed by atoms with Crippen LogP contribution in [0.3, 0.4) is 0 Å². The molecule has 0 aromatic heterocycles. The molecule has 24 heavy (non-hydrogen) atoms. The van der Waals surface area contributed by atoms with Gasteiger partial charge in [0.05, 0.1) is 5.69 Å². The Morgan fingerprint density at radius 2 is 1.96 bits per heavy atom. The molecule has 0 atom stereocenters. The van der Waals surface area contributed by atoms with Gasteiger partial charge in [-0.05, 0) is 30.5 Å². The Labute approximate surface area is 139 Å². The zero-order valence-corrected chi connectivity index (χ0v) is 13.3. The minimum atomic E-state index is -0.438. The van der Waals surface area contributed by atoms with Crippen LogP contribution in [0.4, 0.5) is 14.9 Å². The summed E-state index contributed by atoms with van der Waals surface area (Å²) in [6.07, 6.45) is 2.72. The van der Waals surface area contributed by atoms with Crippen LogP contribution >= 0.6 is 0 Å². The molecular formula is C17H20FN3O3. The van der Waals surface area contributed by atoms with E-state index >= 15 is 0 Å². The van der Waals surface area contributed by atoms with Crippen LogP contribution in [0, 0.1) is 11.7 Å². The topological polar surface area (TPSA) is 69.7 Å². The summed E-state index contributed by atoms with van der Waals surface area (Å²) in [5.74, 6) is -0.536. The Bertz CT molecular complexity index is 656. The number of amides is 3. The molecule has 2 saturated heterocycles. The maximum absolute atomic E-state index is 14.4. The summed E-state index contributed by atoms with van der Waals surface area (Å²) in [5.41, 5.74) is 1.21. The maximum atomic E-state index is 14.4. The van der Waals surface area contributed by atoms with E-state index in [1.807, 2.05) is 4.90 Å². The van der Waals surface area contributed by atoms with Crippen molar-refractivity contribution in [2.24, 2.45) is 5.92 Å². The van der Waals surface area contributed by atoms with Crippen molar-refractivity contribution in [3.8, 4) is 0 Å². The number of hydrogen-bond donors (Lipinski definition) is 1. The van der Waals surface area contributed by atoms with Crippen molar-refractivity contribution in [1.29, 1.82) is 0 Å². The third-order valence-electron chi connectivity index (χ3n) is 4.60. The average Bonchev–Trinajstić information content (AvgIpc) is 2.58. The first-order valence-corrected chi connectivity index (χ1v) is 8.14. The fraction of sp³-hybridized carbons (Fsp3) is 0.471. The molecular weight excluding hydrogens is 313 g/mol. The molecule has 0 aliphatic carbocycles. The van der Waals surface area contributed by atoms with E-state index < -0.39 is 6.03 Å². The number of anilines is 1. The molecule has 1 N–H and O–H groups in total. The molecule has 6 nitrogen and oxygen atoms in total. The first-order valence-electron chi connectivity index (χ1n) is 8.14. The molecule has 0 radical (unpaired) electrons. The van der Waals surface area contributed by atoms with Gasteiger partial charge in [0.15, 0.2) is 0 Å². The lowest BCUT2D eigenvalue weighted by Crippen LogP contribution is -2.48. The number of imide groups is 1. The number of benzene rings is 1. The molecule has 3 rings (SSSR count). The van der Waals surface area contributed by atoms with Crippen LogP contribution in [-0.4, -0.2) is 42.8 Å². The number of urea groups is 1. The number of aldehydes is 1. The molecule has 0 spiro atoms. The van der Waals surface area contributed by atoms with Gasteiger partial charge < -0.3 is 14.6 Å². The van der Waals surface area contributed by atoms with Crippen LogP contribution in [0.2, 0.25) is 0 Å². The standard InChI is InChI=1S/C17H20FN3O3/c18-14-9-13(10-21-8-5-16(23)19-17(21)24)1-2-15(14)20-6-3-12(11-22)4-7-20/h1-2,9,11-12H,3-8,10H2,(H,19,23,24). The van der Waals surface area contributed by atoms with E-state index in [4.69, 9.17) is 0 Å². The highest BCUT2D eigenvalue weighted by molar-refractivity contribution is 5.96. The number of carbonyl (C=O) groups excluding carboxylic acids is 3. The lowest BCUT2D eigenvalue weighted by molar-refractivity contribution is -0.121. The summed E-state index contributed by atoms with van der Waals surface area (Å²) in [6.45, 7) is 1.93. The molecule has 2 heterocycles. The number of nitrogens with zero attached hydrogens (tertiary/aromatic N) is 2. The molecule has 2 aliphatic heterocycles. The monoisotopic (exact) mass is 333 g/mol. The van der Waals surface area contributed by atoms with Crippen molar-refractivity contribution < 1.29 is 18.8 Å². The van der Waals surface area contributed by atoms with Crippen LogP contribution in [-0.2, 0) is 16.1 Å². The molecule has 0 saturated carbocycles. The van der Waals surface area contributed by atoms with Gasteiger partial charge in [-0.25, -0.2) is 9.18 Å². The Balaban J connectivity index is 1.65. The second kappa shape index (κ2) is 6.98. The highest BCUT2D eigenvalue weighted by Crippen LogP contribution is 2.26. The van der Waals surface area contributed by atoms with Crippen molar-refractivity contribution in [2.75, 3.05) is 24.5 Å². The first kappa shape index (κ1) is 16.4. The fourth-order valence-corrected chi connectivity index (χ4v) is 3.15. The van der Waals surface area contributed by atoms with Gasteiger partial charge in [-0.2, -0.15) is 0 Å². The summed E-state index contributed by atoms with van der Waals surface area (Å²) in [7, 11) is 0. The van der Waals surface area contributed by atoms with Crippen LogP contribution in [0.1, 0.15) is 24.8 Å². The van der Waals surface area contributed by atoms with Gasteiger partial charge in [0.25, 0.3) is 0 Å². The number of piperidine rings is 1. The summed E-state index contributed by atoms with van der Waals surface area (Å²) < 4.78 is 14.4. The lowest BCUT2D eigenvalue weighted by Gasteiger charge is -2.32. The number of rotatable bonds is 4. The average molecular weight is 333 g/mol. The molecule has 1 aromatic rings. The summed E-state index contributed by atoms with van der Waals surface area (Å²) in [5, 5.41) is 2.25. The van der Waals surface area contributed by atoms with E-state index in [9.17, 15) is 18.8 Å². The van der Waals surface area contributed by atoms with Gasteiger partial charge in [0, 0.05) is 38.5 Å². The molecule has 0 unspecified atom stereocenters. The van der Waals surface area contributed by atoms with Crippen molar-refractivity contribution >= 4 is 23.9 Å². The third kappa shape index (κ3) is 3.55. The zero-order chi connectivity index (χ0) is 17.1. The smallest absolute Gasteiger partial charge is 0.324 e. The molecule has 128 valence electrons. The number of nitrogens with one attached hydrogen (secondary N) is 1. The fourth-order valence-electron chi connectivity index (χ4n) is 3.15. The summed E-state index contributed by atoms with van der Waals surface area (Å²) >= 11 is 0. The second-order valence-corrected chi connectivity index (χ2v) is 6.27. The zero-order valence-electron chi connectivity index (χ0n) is 13.3. The predicted octanol–water partition coefficient (Wildman–Crippen LogP) is 1.68. The van der Waals surface area contributed by atoms with Crippen molar-refractivity contribution in [3.63, 3.8) is 0 Å². The second-order valence-electron chi connectivity index (χ2n) is 6.27. The number of carbonyl (C=O) groups is 3. The van der Waals surface area contributed by atoms with E-state index in [1.165, 1.54) is 11.0 Å². The largest absolute Gasteiger partial charge is 0.369 e. The SMILES string of the molecule is O=CC1CCN(c2ccc(CN3CCC(=O)NC3=O)cc2F)CC1. The summed E-state index contributed by atoms with van der Waals surface area (Å²) in [6, 6.07) is 4.52. The van der Waals surface area contributed by atoms with Gasteiger partial charge in [-0.1, -0.05) is 6.07 Å². The van der Waals surface area contributed by atoms with Gasteiger partial charge in [-0.3, -0.25) is 10.1 Å². The molecule has 7 heteroatoms. The first-order chi connectivity index (χ1) is 11.6. The minimum absolute atomic E-state index is 0.0731. The predicted molar refractivity (Wildman–Crippen MR) is 86.0 cm³/mol. The highest BCUT2D eigenvalue weighted by atomic mass is 19.1. The molecule has 0 bridgehead atoms. The van der Waals surface area contributed by atoms with Crippen LogP contribution in [0.25, 0.3) is 0 Å². The van der Waals surface area contributed by atoms with Crippen molar-refractivity contribution in [3.05, 3.63) is 29.6 Å². The van der Waals surface area contributed by atoms with Gasteiger partial charge in [0.1, 0.15) is 12.1 Å². The Hall–Kier alpha value is -2.44. The summed E-state index contributed by atoms with van der Waals surface area (Å²) in [4.78, 5) is 37.1. The van der Waals surface area contributed by atoms with E-state index in [0.717, 1.165) is 19.1 Å². The van der Waals surface area contributed by atoms with Crippen LogP contribution < -0.4 is 10.2 Å². The Morgan fingerprint density at radius 3 is 2.58 bits per heavy atom. The third-order valence-corrected chi connectivity index (χ3v) is 4.60. The van der Waals surface area contributed by atoms with Gasteiger partial charge in [0.2, 0.25) is 5.91 Å². The Morgan fingerprint density at radius 1 is 1.21 bits per heavy atom. The number of halogens is 1. The van der Waals surface area contributed by atoms with Crippen LogP contribution in [0.15, 0.2) is 18.2 Å². The minimum Gasteiger partial charge on any atom is -0.369 e. The molecule has 1 aromatic carbocycles. The van der Waals surface area contributed by atoms with Crippen molar-refractivity contribution in [1.82, 2.24) is 10.2 Å². The van der Waals surface area contributed by atoms with E-state index in [0.29, 0.717) is 30.9 Å². The Kier molecular flexibility index (Phi) is 4.78. The maximum Gasteiger partial charge on any atom is 0.324 e. The van der Waals surface area contributed by atoms with Gasteiger partial charge >= 0.3 is 6.03 Å². The van der Waals surface area contributed by atoms with E-state index in [1.54, 1.807) is 12.1 Å². The van der Waals surface area contributed by atoms with Crippen molar-refractivity contribution in [2.45, 2.75) is 25.8 Å². The normalized spacial score (nSPS) is 19.4. The van der Waals surface area contributed by atoms with E-state index in [2.05, 4.69) is 5.32 Å². The molecule has 2 aliphatic rings. The molecule has 2 fully saturated rings. The van der Waals surface area contributed by atoms with Gasteiger partial charge in [-0.15, -0.1) is 0 Å². The lowest BCUT2D eigenvalue weighted by atomic mass is 9.98. The highest BCUT2D eigenvalue weighted by Gasteiger charge is 2.24. The molecule has 3 amide bonds. The van der Waals surface area contributed by atoms with E-state index in [-0.39, 0.29) is 30.6 Å². The van der Waals surface area contributed by atoms with Crippen LogP contribution in [0.5, 0.6) is 0 Å². The quantitative estimate of drug-likeness (QED) is 0.851.